The van der Waals surface area contributed by atoms with Crippen molar-refractivity contribution in [2.24, 2.45) is 5.41 Å². The average molecular weight is 1020 g/mol. The molecule has 0 saturated carbocycles. The summed E-state index contributed by atoms with van der Waals surface area (Å²) in [6.45, 7) is 9.30. The van der Waals surface area contributed by atoms with Crippen LogP contribution in [0.5, 0.6) is 5.75 Å². The molecule has 3 aliphatic rings. The first-order valence-corrected chi connectivity index (χ1v) is 24.9. The van der Waals surface area contributed by atoms with E-state index in [-0.39, 0.29) is 62.1 Å². The number of β-amino-alcohol motifs (C(OH)–C–C–N with tert-alkyl or cyclic N) is 1. The van der Waals surface area contributed by atoms with Crippen molar-refractivity contribution >= 4 is 58.1 Å². The standard InChI is InChI=1S/C50H58ClF2N9O8S/c1-30-43(71-29-56-30)32-10-8-31(9-11-32)25-55-47(66)40-24-35(63)27-61(40)48(67)44(49(2,3)4)59-41(64)18-22-68-37-17-20-60(28-37)45-38(39-16-19-57-62(39)42-7-5-6-21-69-42)23-33(26-54-45)46(65)58-34-12-14-36(15-13-34)70-50(51,52)53/h8-16,19,23,26,29,35,37,40,42,44,63H,5-7,17-18,20-22,24-25,27-28H2,1-4H3,(H,55,66)(H,58,65)(H,59,64)/t35-,37?,40+,42?,44-/m1/s1. The first kappa shape index (κ1) is 51.3. The molecule has 5 aromatic rings. The summed E-state index contributed by atoms with van der Waals surface area (Å²) in [5.41, 5.74) is 1.94. The lowest BCUT2D eigenvalue weighted by Gasteiger charge is -2.35. The van der Waals surface area contributed by atoms with Crippen LogP contribution >= 0.6 is 22.9 Å². The Hall–Kier alpha value is -6.06. The van der Waals surface area contributed by atoms with Gasteiger partial charge < -0.3 is 45.1 Å². The fourth-order valence-electron chi connectivity index (χ4n) is 9.03. The van der Waals surface area contributed by atoms with Crippen molar-refractivity contribution in [3.8, 4) is 27.4 Å². The number of aryl methyl sites for hydroxylation is 1. The van der Waals surface area contributed by atoms with Crippen LogP contribution in [-0.4, -0.2) is 116 Å². The summed E-state index contributed by atoms with van der Waals surface area (Å²) in [5.74, 6) is -1.32. The number of thiazole rings is 1. The number of hydrogen-bond donors (Lipinski definition) is 4. The number of likely N-dealkylation sites (tertiary alicyclic amines) is 1. The van der Waals surface area contributed by atoms with Gasteiger partial charge in [-0.15, -0.1) is 20.1 Å². The molecule has 3 fully saturated rings. The Balaban J connectivity index is 0.880. The highest BCUT2D eigenvalue weighted by atomic mass is 35.5. The first-order valence-electron chi connectivity index (χ1n) is 23.6. The van der Waals surface area contributed by atoms with Crippen LogP contribution in [0.25, 0.3) is 21.7 Å². The predicted molar refractivity (Wildman–Crippen MR) is 263 cm³/mol. The van der Waals surface area contributed by atoms with Gasteiger partial charge >= 0.3 is 5.57 Å². The average Bonchev–Trinajstić information content (AvgIpc) is 4.18. The first-order chi connectivity index (χ1) is 33.9. The zero-order valence-corrected chi connectivity index (χ0v) is 41.5. The zero-order chi connectivity index (χ0) is 50.5. The van der Waals surface area contributed by atoms with Crippen LogP contribution in [0.1, 0.15) is 87.1 Å². The lowest BCUT2D eigenvalue weighted by molar-refractivity contribution is -0.144. The number of aliphatic hydroxyl groups excluding tert-OH is 1. The van der Waals surface area contributed by atoms with E-state index < -0.39 is 46.9 Å². The van der Waals surface area contributed by atoms with E-state index in [9.17, 15) is 33.1 Å². The maximum atomic E-state index is 14.2. The van der Waals surface area contributed by atoms with Crippen LogP contribution in [0.3, 0.4) is 0 Å². The summed E-state index contributed by atoms with van der Waals surface area (Å²) in [6, 6.07) is 14.8. The quantitative estimate of drug-likeness (QED) is 0.0679. The molecule has 3 aliphatic heterocycles. The van der Waals surface area contributed by atoms with Gasteiger partial charge in [0, 0.05) is 80.9 Å². The van der Waals surface area contributed by atoms with Gasteiger partial charge in [0.05, 0.1) is 46.2 Å². The fourth-order valence-corrected chi connectivity index (χ4v) is 9.93. The van der Waals surface area contributed by atoms with E-state index in [0.717, 1.165) is 41.0 Å². The minimum Gasteiger partial charge on any atom is -0.420 e. The smallest absolute Gasteiger partial charge is 0.420 e. The molecule has 0 spiro atoms. The molecule has 4 N–H and O–H groups in total. The third kappa shape index (κ3) is 12.9. The van der Waals surface area contributed by atoms with Gasteiger partial charge in [-0.2, -0.15) is 5.10 Å². The number of alkyl halides is 3. The molecule has 5 atom stereocenters. The number of aliphatic hydroxyl groups is 1. The van der Waals surface area contributed by atoms with Crippen LogP contribution in [0.15, 0.2) is 78.6 Å². The number of anilines is 2. The third-order valence-electron chi connectivity index (χ3n) is 12.7. The highest BCUT2D eigenvalue weighted by Crippen LogP contribution is 2.36. The molecule has 0 radical (unpaired) electrons. The number of hydrogen-bond acceptors (Lipinski definition) is 13. The number of benzene rings is 2. The third-order valence-corrected chi connectivity index (χ3v) is 13.7. The molecule has 378 valence electrons. The number of rotatable bonds is 17. The molecule has 0 aliphatic carbocycles. The van der Waals surface area contributed by atoms with Crippen molar-refractivity contribution in [3.63, 3.8) is 0 Å². The van der Waals surface area contributed by atoms with E-state index in [1.807, 2.05) is 58.0 Å². The van der Waals surface area contributed by atoms with Gasteiger partial charge in [0.15, 0.2) is 6.23 Å². The second-order valence-corrected chi connectivity index (χ2v) is 20.3. The normalized spacial score (nSPS) is 19.9. The number of halogens is 3. The number of amides is 4. The molecule has 2 unspecified atom stereocenters. The van der Waals surface area contributed by atoms with Crippen LogP contribution in [0.2, 0.25) is 0 Å². The largest absolute Gasteiger partial charge is 0.487 e. The van der Waals surface area contributed by atoms with Gasteiger partial charge in [0.25, 0.3) is 5.91 Å². The van der Waals surface area contributed by atoms with E-state index >= 15 is 0 Å². The Morgan fingerprint density at radius 1 is 1.01 bits per heavy atom. The Morgan fingerprint density at radius 3 is 2.48 bits per heavy atom. The van der Waals surface area contributed by atoms with Gasteiger partial charge in [-0.3, -0.25) is 19.2 Å². The maximum Gasteiger partial charge on any atom is 0.487 e. The predicted octanol–water partition coefficient (Wildman–Crippen LogP) is 7.29. The Morgan fingerprint density at radius 2 is 1.79 bits per heavy atom. The highest BCUT2D eigenvalue weighted by molar-refractivity contribution is 7.13. The van der Waals surface area contributed by atoms with Crippen molar-refractivity contribution in [1.82, 2.24) is 35.3 Å². The minimum absolute atomic E-state index is 0.0346. The summed E-state index contributed by atoms with van der Waals surface area (Å²) in [6.07, 6.45) is 4.98. The van der Waals surface area contributed by atoms with E-state index in [4.69, 9.17) is 26.1 Å². The topological polar surface area (TPSA) is 202 Å². The summed E-state index contributed by atoms with van der Waals surface area (Å²) in [7, 11) is 0. The molecule has 17 nitrogen and oxygen atoms in total. The highest BCUT2D eigenvalue weighted by Gasteiger charge is 2.44. The summed E-state index contributed by atoms with van der Waals surface area (Å²) >= 11 is 6.45. The molecule has 21 heteroatoms. The number of carbonyl (C=O) groups excluding carboxylic acids is 4. The van der Waals surface area contributed by atoms with Crippen LogP contribution in [0, 0.1) is 12.3 Å². The van der Waals surface area contributed by atoms with Gasteiger partial charge in [-0.25, -0.2) is 14.6 Å². The molecule has 8 rings (SSSR count). The van der Waals surface area contributed by atoms with Crippen LogP contribution < -0.4 is 25.6 Å². The molecule has 71 heavy (non-hydrogen) atoms. The zero-order valence-electron chi connectivity index (χ0n) is 39.9. The molecule has 0 bridgehead atoms. The van der Waals surface area contributed by atoms with Gasteiger partial charge in [0.1, 0.15) is 23.7 Å². The van der Waals surface area contributed by atoms with Gasteiger partial charge in [0.2, 0.25) is 17.7 Å². The van der Waals surface area contributed by atoms with Crippen molar-refractivity contribution in [2.45, 2.75) is 109 Å². The molecule has 3 saturated heterocycles. The number of carbonyl (C=O) groups is 4. The summed E-state index contributed by atoms with van der Waals surface area (Å²) in [5, 5.41) is 23.9. The molecule has 3 aromatic heterocycles. The van der Waals surface area contributed by atoms with Crippen LogP contribution in [-0.2, 0) is 30.4 Å². The minimum atomic E-state index is -3.88. The van der Waals surface area contributed by atoms with Gasteiger partial charge in [-0.1, -0.05) is 45.0 Å². The Kier molecular flexibility index (Phi) is 16.0. The number of ether oxygens (including phenoxy) is 3. The number of aromatic nitrogens is 4. The van der Waals surface area contributed by atoms with E-state index in [1.165, 1.54) is 35.4 Å². The van der Waals surface area contributed by atoms with Crippen molar-refractivity contribution in [2.75, 3.05) is 43.1 Å². The monoisotopic (exact) mass is 1020 g/mol. The fraction of sp³-hybridized carbons (Fsp3) is 0.460. The van der Waals surface area contributed by atoms with E-state index in [2.05, 4.69) is 35.7 Å². The Bertz CT molecular complexity index is 2670. The lowest BCUT2D eigenvalue weighted by atomic mass is 9.85. The number of nitrogens with one attached hydrogen (secondary N) is 3. The molecule has 6 heterocycles. The molecule has 2 aromatic carbocycles. The number of pyridine rings is 1. The van der Waals surface area contributed by atoms with Crippen molar-refractivity contribution in [1.29, 1.82) is 0 Å². The van der Waals surface area contributed by atoms with Gasteiger partial charge in [-0.05, 0) is 85.5 Å². The van der Waals surface area contributed by atoms with Crippen molar-refractivity contribution in [3.05, 3.63) is 95.4 Å². The SMILES string of the molecule is Cc1ncsc1-c1ccc(CNC(=O)[C@@H]2C[C@@H](O)CN2C(=O)[C@@H](NC(=O)CCOC2CCN(c3ncc(C(=O)Nc4ccc(OC(F)(F)Cl)cc4)cc3-c3ccnn3C3CCCCO3)C2)C(C)(C)C)cc1. The maximum absolute atomic E-state index is 14.2. The molecular weight excluding hydrogens is 960 g/mol. The second kappa shape index (κ2) is 22.1. The van der Waals surface area contributed by atoms with Crippen LogP contribution in [0.4, 0.5) is 20.3 Å². The van der Waals surface area contributed by atoms with Crippen molar-refractivity contribution < 1.29 is 47.3 Å². The van der Waals surface area contributed by atoms with E-state index in [1.54, 1.807) is 33.8 Å². The Labute approximate surface area is 419 Å². The molecule has 4 amide bonds. The molecular formula is C50H58ClF2N9O8S. The lowest BCUT2D eigenvalue weighted by Crippen LogP contribution is -2.57. The summed E-state index contributed by atoms with van der Waals surface area (Å²) < 4.78 is 44.8. The second-order valence-electron chi connectivity index (χ2n) is 19.0. The number of nitrogens with zero attached hydrogens (tertiary/aromatic N) is 6. The van der Waals surface area contributed by atoms with E-state index in [0.29, 0.717) is 48.9 Å². The summed E-state index contributed by atoms with van der Waals surface area (Å²) in [4.78, 5) is 68.5.